The van der Waals surface area contributed by atoms with Crippen LogP contribution in [0.25, 0.3) is 0 Å². The maximum absolute atomic E-state index is 9.53. The van der Waals surface area contributed by atoms with E-state index in [1.54, 1.807) is 0 Å². The van der Waals surface area contributed by atoms with Crippen LogP contribution in [0.5, 0.6) is 0 Å². The first-order valence-electron chi connectivity index (χ1n) is 6.82. The first-order valence-corrected chi connectivity index (χ1v) is 7.63. The largest absolute Gasteiger partial charge is 0.394 e. The van der Waals surface area contributed by atoms with Crippen molar-refractivity contribution in [1.82, 2.24) is 5.32 Å². The highest BCUT2D eigenvalue weighted by molar-refractivity contribution is 7.12. The van der Waals surface area contributed by atoms with E-state index in [0.29, 0.717) is 0 Å². The van der Waals surface area contributed by atoms with E-state index in [2.05, 4.69) is 52.1 Å². The molecule has 1 rings (SSSR count). The molecule has 0 unspecified atom stereocenters. The standard InChI is InChI=1S/C15H27NOS/c1-6-15(7-2,11-17)16-10-12-8-9-13(18-12)14(3,4)5/h8-9,16-17H,6-7,10-11H2,1-5H3. The average molecular weight is 269 g/mol. The summed E-state index contributed by atoms with van der Waals surface area (Å²) in [5, 5.41) is 13.1. The molecule has 0 aliphatic rings. The number of hydrogen-bond donors (Lipinski definition) is 2. The maximum atomic E-state index is 9.53. The van der Waals surface area contributed by atoms with Crippen molar-refractivity contribution < 1.29 is 5.11 Å². The number of aliphatic hydroxyl groups is 1. The van der Waals surface area contributed by atoms with Crippen LogP contribution in [-0.4, -0.2) is 17.3 Å². The van der Waals surface area contributed by atoms with Gasteiger partial charge in [0.05, 0.1) is 6.61 Å². The Labute approximate surface area is 115 Å². The van der Waals surface area contributed by atoms with Gasteiger partial charge in [-0.15, -0.1) is 11.3 Å². The second-order valence-electron chi connectivity index (χ2n) is 6.02. The fourth-order valence-corrected chi connectivity index (χ4v) is 2.94. The number of thiophene rings is 1. The Balaban J connectivity index is 2.66. The molecule has 0 atom stereocenters. The van der Waals surface area contributed by atoms with Crippen LogP contribution in [0.3, 0.4) is 0 Å². The molecule has 0 saturated heterocycles. The molecule has 1 aromatic rings. The summed E-state index contributed by atoms with van der Waals surface area (Å²) in [7, 11) is 0. The summed E-state index contributed by atoms with van der Waals surface area (Å²) in [5.41, 5.74) is 0.110. The lowest BCUT2D eigenvalue weighted by Crippen LogP contribution is -2.46. The Kier molecular flexibility index (Phi) is 5.38. The molecule has 2 N–H and O–H groups in total. The number of hydrogen-bond acceptors (Lipinski definition) is 3. The molecule has 2 nitrogen and oxygen atoms in total. The lowest BCUT2D eigenvalue weighted by atomic mass is 9.94. The third-order valence-corrected chi connectivity index (χ3v) is 5.21. The van der Waals surface area contributed by atoms with Crippen molar-refractivity contribution in [1.29, 1.82) is 0 Å². The Morgan fingerprint density at radius 3 is 2.17 bits per heavy atom. The van der Waals surface area contributed by atoms with Gasteiger partial charge in [0.15, 0.2) is 0 Å². The highest BCUT2D eigenvalue weighted by atomic mass is 32.1. The summed E-state index contributed by atoms with van der Waals surface area (Å²) >= 11 is 1.87. The van der Waals surface area contributed by atoms with E-state index in [1.807, 2.05) is 11.3 Å². The van der Waals surface area contributed by atoms with Crippen LogP contribution in [0, 0.1) is 0 Å². The van der Waals surface area contributed by atoms with Gasteiger partial charge in [0.25, 0.3) is 0 Å². The highest BCUT2D eigenvalue weighted by Crippen LogP contribution is 2.29. The second-order valence-corrected chi connectivity index (χ2v) is 7.18. The third kappa shape index (κ3) is 3.81. The van der Waals surface area contributed by atoms with Gasteiger partial charge in [-0.25, -0.2) is 0 Å². The van der Waals surface area contributed by atoms with Crippen LogP contribution >= 0.6 is 11.3 Å². The van der Waals surface area contributed by atoms with Crippen molar-refractivity contribution in [3.63, 3.8) is 0 Å². The first kappa shape index (κ1) is 15.7. The van der Waals surface area contributed by atoms with Gasteiger partial charge in [-0.3, -0.25) is 0 Å². The predicted octanol–water partition coefficient (Wildman–Crippen LogP) is 3.69. The first-order chi connectivity index (χ1) is 8.37. The zero-order valence-electron chi connectivity index (χ0n) is 12.3. The molecule has 0 spiro atoms. The Morgan fingerprint density at radius 1 is 1.17 bits per heavy atom. The van der Waals surface area contributed by atoms with Gasteiger partial charge in [-0.1, -0.05) is 34.6 Å². The van der Waals surface area contributed by atoms with Crippen molar-refractivity contribution in [3.8, 4) is 0 Å². The van der Waals surface area contributed by atoms with Crippen LogP contribution in [0.2, 0.25) is 0 Å². The average Bonchev–Trinajstić information content (AvgIpc) is 2.80. The highest BCUT2D eigenvalue weighted by Gasteiger charge is 2.24. The fraction of sp³-hybridized carbons (Fsp3) is 0.733. The van der Waals surface area contributed by atoms with Crippen molar-refractivity contribution >= 4 is 11.3 Å². The molecule has 0 saturated carbocycles. The number of rotatable bonds is 6. The molecule has 0 aliphatic carbocycles. The summed E-state index contributed by atoms with van der Waals surface area (Å²) in [4.78, 5) is 2.77. The van der Waals surface area contributed by atoms with Crippen LogP contribution in [0.4, 0.5) is 0 Å². The molecule has 104 valence electrons. The Bertz CT molecular complexity index is 353. The minimum atomic E-state index is -0.119. The Morgan fingerprint density at radius 2 is 1.78 bits per heavy atom. The van der Waals surface area contributed by atoms with Crippen LogP contribution in [0.15, 0.2) is 12.1 Å². The van der Waals surface area contributed by atoms with E-state index < -0.39 is 0 Å². The van der Waals surface area contributed by atoms with Crippen molar-refractivity contribution in [2.24, 2.45) is 0 Å². The molecule has 0 amide bonds. The van der Waals surface area contributed by atoms with Crippen LogP contribution in [0.1, 0.15) is 57.2 Å². The number of nitrogens with one attached hydrogen (secondary N) is 1. The predicted molar refractivity (Wildman–Crippen MR) is 80.3 cm³/mol. The molecular weight excluding hydrogens is 242 g/mol. The molecule has 3 heteroatoms. The van der Waals surface area contributed by atoms with E-state index in [1.165, 1.54) is 9.75 Å². The molecule has 1 heterocycles. The minimum Gasteiger partial charge on any atom is -0.394 e. The van der Waals surface area contributed by atoms with Gasteiger partial charge in [0.1, 0.15) is 0 Å². The normalized spacial score (nSPS) is 13.0. The zero-order valence-corrected chi connectivity index (χ0v) is 13.2. The maximum Gasteiger partial charge on any atom is 0.0613 e. The third-order valence-electron chi connectivity index (χ3n) is 3.69. The van der Waals surface area contributed by atoms with Gasteiger partial charge in [0, 0.05) is 21.8 Å². The summed E-state index contributed by atoms with van der Waals surface area (Å²) in [6, 6.07) is 4.42. The van der Waals surface area contributed by atoms with Crippen molar-refractivity contribution in [3.05, 3.63) is 21.9 Å². The zero-order chi connectivity index (χ0) is 13.8. The van der Waals surface area contributed by atoms with Gasteiger partial charge in [0.2, 0.25) is 0 Å². The quantitative estimate of drug-likeness (QED) is 0.825. The summed E-state index contributed by atoms with van der Waals surface area (Å²) < 4.78 is 0. The van der Waals surface area contributed by atoms with E-state index in [0.717, 1.165) is 19.4 Å². The Hall–Kier alpha value is -0.380. The topological polar surface area (TPSA) is 32.3 Å². The second kappa shape index (κ2) is 6.18. The molecule has 18 heavy (non-hydrogen) atoms. The van der Waals surface area contributed by atoms with Crippen LogP contribution in [-0.2, 0) is 12.0 Å². The molecule has 0 bridgehead atoms. The monoisotopic (exact) mass is 269 g/mol. The lowest BCUT2D eigenvalue weighted by Gasteiger charge is -2.30. The van der Waals surface area contributed by atoms with Crippen molar-refractivity contribution in [2.75, 3.05) is 6.61 Å². The van der Waals surface area contributed by atoms with Crippen LogP contribution < -0.4 is 5.32 Å². The van der Waals surface area contributed by atoms with Gasteiger partial charge in [-0.2, -0.15) is 0 Å². The molecule has 1 aromatic heterocycles. The minimum absolute atomic E-state index is 0.119. The lowest BCUT2D eigenvalue weighted by molar-refractivity contribution is 0.150. The van der Waals surface area contributed by atoms with E-state index in [-0.39, 0.29) is 17.6 Å². The summed E-state index contributed by atoms with van der Waals surface area (Å²) in [6.45, 7) is 12.0. The molecular formula is C15H27NOS. The smallest absolute Gasteiger partial charge is 0.0613 e. The number of aliphatic hydroxyl groups excluding tert-OH is 1. The summed E-state index contributed by atoms with van der Waals surface area (Å²) in [6.07, 6.45) is 1.91. The van der Waals surface area contributed by atoms with Gasteiger partial charge in [-0.05, 0) is 30.4 Å². The molecule has 0 aliphatic heterocycles. The molecule has 0 radical (unpaired) electrons. The molecule has 0 fully saturated rings. The van der Waals surface area contributed by atoms with E-state index in [9.17, 15) is 5.11 Å². The van der Waals surface area contributed by atoms with Crippen molar-refractivity contribution in [2.45, 2.75) is 65.0 Å². The SMILES string of the molecule is CCC(CC)(CO)NCc1ccc(C(C)(C)C)s1. The van der Waals surface area contributed by atoms with Gasteiger partial charge >= 0.3 is 0 Å². The fourth-order valence-electron chi connectivity index (χ4n) is 1.93. The molecule has 0 aromatic carbocycles. The van der Waals surface area contributed by atoms with Gasteiger partial charge < -0.3 is 10.4 Å². The van der Waals surface area contributed by atoms with E-state index in [4.69, 9.17) is 0 Å². The summed E-state index contributed by atoms with van der Waals surface area (Å²) in [5.74, 6) is 0. The van der Waals surface area contributed by atoms with E-state index >= 15 is 0 Å².